The average molecular weight is 335 g/mol. The quantitative estimate of drug-likeness (QED) is 0.822. The van der Waals surface area contributed by atoms with E-state index in [0.717, 1.165) is 31.1 Å². The number of hydrogen-bond acceptors (Lipinski definition) is 3. The lowest BCUT2D eigenvalue weighted by atomic mass is 9.90. The Morgan fingerprint density at radius 3 is 2.72 bits per heavy atom. The lowest BCUT2D eigenvalue weighted by Crippen LogP contribution is -2.34. The van der Waals surface area contributed by atoms with Gasteiger partial charge in [-0.25, -0.2) is 0 Å². The smallest absolute Gasteiger partial charge is 0.270 e. The van der Waals surface area contributed by atoms with Gasteiger partial charge in [0.25, 0.3) is 5.91 Å². The molecule has 0 spiro atoms. The van der Waals surface area contributed by atoms with Gasteiger partial charge in [0.15, 0.2) is 0 Å². The number of nitrogens with one attached hydrogen (secondary N) is 1. The molecule has 0 radical (unpaired) electrons. The second-order valence-electron chi connectivity index (χ2n) is 6.52. The van der Waals surface area contributed by atoms with E-state index in [2.05, 4.69) is 52.1 Å². The van der Waals surface area contributed by atoms with Gasteiger partial charge in [0.1, 0.15) is 5.69 Å². The van der Waals surface area contributed by atoms with E-state index in [1.54, 1.807) is 12.3 Å². The van der Waals surface area contributed by atoms with Gasteiger partial charge in [-0.1, -0.05) is 36.4 Å². The summed E-state index contributed by atoms with van der Waals surface area (Å²) in [5, 5.41) is 2.78. The Bertz CT molecular complexity index is 706. The van der Waals surface area contributed by atoms with Gasteiger partial charge in [-0.3, -0.25) is 9.78 Å². The van der Waals surface area contributed by atoms with E-state index >= 15 is 0 Å². The number of aromatic nitrogens is 1. The van der Waals surface area contributed by atoms with Crippen molar-refractivity contribution >= 4 is 11.6 Å². The van der Waals surface area contributed by atoms with Gasteiger partial charge in [-0.2, -0.15) is 0 Å². The van der Waals surface area contributed by atoms with Gasteiger partial charge in [0.2, 0.25) is 0 Å². The molecule has 25 heavy (non-hydrogen) atoms. The Balaban J connectivity index is 1.57. The maximum absolute atomic E-state index is 12.1. The second-order valence-corrected chi connectivity index (χ2v) is 6.52. The van der Waals surface area contributed by atoms with Crippen molar-refractivity contribution in [1.82, 2.24) is 10.3 Å². The molecule has 2 aromatic rings. The van der Waals surface area contributed by atoms with Crippen LogP contribution >= 0.6 is 0 Å². The summed E-state index contributed by atoms with van der Waals surface area (Å²) in [7, 11) is 0. The molecule has 3 rings (SSSR count). The molecule has 2 heterocycles. The summed E-state index contributed by atoms with van der Waals surface area (Å²) >= 11 is 0. The Kier molecular flexibility index (Phi) is 5.83. The molecule has 0 atom stereocenters. The number of nitrogens with zero attached hydrogens (tertiary/aromatic N) is 2. The molecule has 4 nitrogen and oxygen atoms in total. The lowest BCUT2D eigenvalue weighted by molar-refractivity contribution is 0.0953. The molecule has 1 fully saturated rings. The second kappa shape index (κ2) is 8.47. The van der Waals surface area contributed by atoms with Crippen molar-refractivity contribution in [3.05, 3.63) is 72.6 Å². The van der Waals surface area contributed by atoms with Gasteiger partial charge in [0, 0.05) is 31.5 Å². The predicted molar refractivity (Wildman–Crippen MR) is 102 cm³/mol. The first-order valence-electron chi connectivity index (χ1n) is 8.90. The molecular formula is C21H25N3O. The van der Waals surface area contributed by atoms with Crippen LogP contribution in [-0.2, 0) is 6.42 Å². The highest BCUT2D eigenvalue weighted by Crippen LogP contribution is 2.25. The van der Waals surface area contributed by atoms with Crippen LogP contribution in [0.3, 0.4) is 0 Å². The van der Waals surface area contributed by atoms with Gasteiger partial charge < -0.3 is 10.2 Å². The first-order chi connectivity index (χ1) is 12.3. The number of amides is 1. The molecule has 4 heteroatoms. The van der Waals surface area contributed by atoms with Crippen LogP contribution in [-0.4, -0.2) is 30.5 Å². The highest BCUT2D eigenvalue weighted by molar-refractivity contribution is 5.93. The largest absolute Gasteiger partial charge is 0.371 e. The average Bonchev–Trinajstić information content (AvgIpc) is 2.67. The maximum Gasteiger partial charge on any atom is 0.270 e. The van der Waals surface area contributed by atoms with E-state index in [1.165, 1.54) is 18.4 Å². The van der Waals surface area contributed by atoms with Crippen LogP contribution in [0.25, 0.3) is 0 Å². The van der Waals surface area contributed by atoms with Gasteiger partial charge in [-0.05, 0) is 42.9 Å². The Labute approximate surface area is 149 Å². The number of anilines is 1. The number of benzene rings is 1. The summed E-state index contributed by atoms with van der Waals surface area (Å²) in [5.41, 5.74) is 2.97. The molecule has 0 unspecified atom stereocenters. The van der Waals surface area contributed by atoms with Crippen molar-refractivity contribution in [2.45, 2.75) is 19.3 Å². The van der Waals surface area contributed by atoms with E-state index in [4.69, 9.17) is 0 Å². The Morgan fingerprint density at radius 2 is 2.00 bits per heavy atom. The van der Waals surface area contributed by atoms with E-state index in [-0.39, 0.29) is 5.91 Å². The van der Waals surface area contributed by atoms with Crippen molar-refractivity contribution in [1.29, 1.82) is 0 Å². The molecule has 0 saturated carbocycles. The van der Waals surface area contributed by atoms with Crippen LogP contribution in [0.2, 0.25) is 0 Å². The fourth-order valence-corrected chi connectivity index (χ4v) is 3.34. The number of hydrogen-bond donors (Lipinski definition) is 1. The Morgan fingerprint density at radius 1 is 1.24 bits per heavy atom. The van der Waals surface area contributed by atoms with E-state index in [9.17, 15) is 4.79 Å². The predicted octanol–water partition coefficient (Wildman–Crippen LogP) is 3.46. The summed E-state index contributed by atoms with van der Waals surface area (Å²) in [6.07, 6.45) is 6.89. The third-order valence-corrected chi connectivity index (χ3v) is 4.73. The first kappa shape index (κ1) is 17.2. The fourth-order valence-electron chi connectivity index (χ4n) is 3.34. The van der Waals surface area contributed by atoms with Crippen molar-refractivity contribution in [2.24, 2.45) is 5.92 Å². The highest BCUT2D eigenvalue weighted by Gasteiger charge is 2.20. The maximum atomic E-state index is 12.1. The van der Waals surface area contributed by atoms with Crippen LogP contribution < -0.4 is 10.2 Å². The van der Waals surface area contributed by atoms with Crippen molar-refractivity contribution < 1.29 is 4.79 Å². The van der Waals surface area contributed by atoms with Crippen molar-refractivity contribution in [3.63, 3.8) is 0 Å². The third kappa shape index (κ3) is 4.69. The van der Waals surface area contributed by atoms with Crippen molar-refractivity contribution in [2.75, 3.05) is 24.5 Å². The lowest BCUT2D eigenvalue weighted by Gasteiger charge is -2.33. The van der Waals surface area contributed by atoms with E-state index in [0.29, 0.717) is 12.2 Å². The number of carbonyl (C=O) groups excluding carboxylic acids is 1. The van der Waals surface area contributed by atoms with Crippen LogP contribution in [0.4, 0.5) is 5.69 Å². The number of rotatable bonds is 6. The zero-order valence-corrected chi connectivity index (χ0v) is 14.5. The molecule has 0 aliphatic carbocycles. The number of piperidine rings is 1. The minimum Gasteiger partial charge on any atom is -0.371 e. The molecule has 1 aromatic heterocycles. The number of carbonyl (C=O) groups is 1. The standard InChI is InChI=1S/C21H25N3O/c1-2-11-23-21(25)20-16-19(8-12-22-20)24-13-9-18(10-14-24)15-17-6-4-3-5-7-17/h2-8,12,16,18H,1,9-11,13-15H2,(H,23,25). The molecule has 1 N–H and O–H groups in total. The molecule has 1 aliphatic rings. The zero-order valence-electron chi connectivity index (χ0n) is 14.5. The minimum absolute atomic E-state index is 0.152. The van der Waals surface area contributed by atoms with Gasteiger partial charge in [0.05, 0.1) is 0 Å². The summed E-state index contributed by atoms with van der Waals surface area (Å²) in [5.74, 6) is 0.580. The fraction of sp³-hybridized carbons (Fsp3) is 0.333. The molecule has 130 valence electrons. The van der Waals surface area contributed by atoms with E-state index in [1.807, 2.05) is 12.1 Å². The monoisotopic (exact) mass is 335 g/mol. The van der Waals surface area contributed by atoms with Crippen LogP contribution in [0.15, 0.2) is 61.3 Å². The minimum atomic E-state index is -0.152. The molecule has 1 aromatic carbocycles. The van der Waals surface area contributed by atoms with Gasteiger partial charge in [-0.15, -0.1) is 6.58 Å². The van der Waals surface area contributed by atoms with Crippen LogP contribution in [0.5, 0.6) is 0 Å². The van der Waals surface area contributed by atoms with E-state index < -0.39 is 0 Å². The summed E-state index contributed by atoms with van der Waals surface area (Å²) < 4.78 is 0. The topological polar surface area (TPSA) is 45.2 Å². The number of pyridine rings is 1. The van der Waals surface area contributed by atoms with Gasteiger partial charge >= 0.3 is 0 Å². The SMILES string of the molecule is C=CCNC(=O)c1cc(N2CCC(Cc3ccccc3)CC2)ccn1. The summed E-state index contributed by atoms with van der Waals surface area (Å²) in [4.78, 5) is 18.6. The molecule has 1 aliphatic heterocycles. The van der Waals surface area contributed by atoms with Crippen molar-refractivity contribution in [3.8, 4) is 0 Å². The Hall–Kier alpha value is -2.62. The zero-order chi connectivity index (χ0) is 17.5. The molecule has 0 bridgehead atoms. The van der Waals surface area contributed by atoms with Crippen LogP contribution in [0.1, 0.15) is 28.9 Å². The van der Waals surface area contributed by atoms with Crippen LogP contribution in [0, 0.1) is 5.92 Å². The molecule has 1 amide bonds. The summed E-state index contributed by atoms with van der Waals surface area (Å²) in [6.45, 7) is 6.11. The molecule has 1 saturated heterocycles. The first-order valence-corrected chi connectivity index (χ1v) is 8.90. The summed E-state index contributed by atoms with van der Waals surface area (Å²) in [6, 6.07) is 14.6. The molecular weight excluding hydrogens is 310 g/mol. The normalized spacial score (nSPS) is 15.0. The third-order valence-electron chi connectivity index (χ3n) is 4.73. The highest BCUT2D eigenvalue weighted by atomic mass is 16.1.